The molecule has 0 fully saturated rings. The van der Waals surface area contributed by atoms with E-state index in [4.69, 9.17) is 9.47 Å². The average Bonchev–Trinajstić information content (AvgIpc) is 3.48. The number of pyridine rings is 1. The number of aliphatic carboxylic acids is 1. The van der Waals surface area contributed by atoms with E-state index in [1.165, 1.54) is 11.3 Å². The van der Waals surface area contributed by atoms with E-state index >= 15 is 0 Å². The number of carbonyl (C=O) groups excluding carboxylic acids is 2. The lowest BCUT2D eigenvalue weighted by Crippen LogP contribution is -2.26. The summed E-state index contributed by atoms with van der Waals surface area (Å²) >= 11 is 1.50. The Kier molecular flexibility index (Phi) is 8.68. The van der Waals surface area contributed by atoms with Gasteiger partial charge in [-0.3, -0.25) is 14.4 Å². The number of ether oxygens (including phenoxy) is 2. The number of ketones is 2. The van der Waals surface area contributed by atoms with Crippen molar-refractivity contribution in [2.45, 2.75) is 54.6 Å². The molecular weight excluding hydrogens is 540 g/mol. The average molecular weight is 577 g/mol. The maximum atomic E-state index is 14.1. The van der Waals surface area contributed by atoms with Crippen molar-refractivity contribution in [2.24, 2.45) is 17.3 Å². The summed E-state index contributed by atoms with van der Waals surface area (Å²) in [5.41, 5.74) is 2.07. The van der Waals surface area contributed by atoms with Crippen LogP contribution in [0.1, 0.15) is 77.3 Å². The lowest BCUT2D eigenvalue weighted by atomic mass is 9.81. The molecule has 4 aromatic rings. The SMILES string of the molecule is COc1ccc(C(=O)c2c(CC(C(=O)O)C(C)C)c(C(=O)C(C)(C)C)c3cc(OCc4nc(C)cs4)ccn23)cc1. The highest BCUT2D eigenvalue weighted by atomic mass is 32.1. The fourth-order valence-electron chi connectivity index (χ4n) is 4.77. The molecule has 1 atom stereocenters. The van der Waals surface area contributed by atoms with Crippen LogP contribution in [0.3, 0.4) is 0 Å². The van der Waals surface area contributed by atoms with Crippen LogP contribution in [0.4, 0.5) is 0 Å². The number of hydrogen-bond donors (Lipinski definition) is 1. The highest BCUT2D eigenvalue weighted by molar-refractivity contribution is 7.09. The van der Waals surface area contributed by atoms with E-state index < -0.39 is 17.3 Å². The molecule has 9 heteroatoms. The van der Waals surface area contributed by atoms with Gasteiger partial charge in [-0.05, 0) is 55.2 Å². The third kappa shape index (κ3) is 6.35. The van der Waals surface area contributed by atoms with Gasteiger partial charge < -0.3 is 19.0 Å². The monoisotopic (exact) mass is 576 g/mol. The van der Waals surface area contributed by atoms with Crippen molar-refractivity contribution < 1.29 is 29.0 Å². The predicted octanol–water partition coefficient (Wildman–Crippen LogP) is 6.65. The van der Waals surface area contributed by atoms with Crippen LogP contribution in [-0.4, -0.2) is 39.1 Å². The smallest absolute Gasteiger partial charge is 0.307 e. The molecule has 3 aromatic heterocycles. The molecule has 216 valence electrons. The van der Waals surface area contributed by atoms with Gasteiger partial charge in [-0.1, -0.05) is 34.6 Å². The number of carbonyl (C=O) groups is 3. The summed E-state index contributed by atoms with van der Waals surface area (Å²) < 4.78 is 13.0. The normalized spacial score (nSPS) is 12.5. The van der Waals surface area contributed by atoms with Crippen LogP contribution in [0, 0.1) is 24.2 Å². The zero-order valence-corrected chi connectivity index (χ0v) is 25.3. The van der Waals surface area contributed by atoms with Gasteiger partial charge in [0.05, 0.1) is 24.2 Å². The third-order valence-electron chi connectivity index (χ3n) is 7.06. The van der Waals surface area contributed by atoms with Gasteiger partial charge in [0, 0.05) is 39.9 Å². The molecule has 1 N–H and O–H groups in total. The number of rotatable bonds is 11. The molecule has 0 saturated carbocycles. The first-order valence-corrected chi connectivity index (χ1v) is 14.4. The Labute approximate surface area is 244 Å². The van der Waals surface area contributed by atoms with E-state index in [2.05, 4.69) is 4.98 Å². The van der Waals surface area contributed by atoms with Gasteiger partial charge in [0.2, 0.25) is 5.78 Å². The second-order valence-electron chi connectivity index (χ2n) is 11.5. The third-order valence-corrected chi connectivity index (χ3v) is 8.00. The van der Waals surface area contributed by atoms with Crippen LogP contribution < -0.4 is 9.47 Å². The number of fused-ring (bicyclic) bond motifs is 1. The topological polar surface area (TPSA) is 107 Å². The Balaban J connectivity index is 1.95. The molecule has 0 aliphatic rings. The van der Waals surface area contributed by atoms with Crippen LogP contribution in [-0.2, 0) is 17.8 Å². The molecule has 0 bridgehead atoms. The first-order chi connectivity index (χ1) is 19.3. The van der Waals surface area contributed by atoms with Crippen LogP contribution in [0.2, 0.25) is 0 Å². The van der Waals surface area contributed by atoms with Crippen molar-refractivity contribution >= 4 is 34.4 Å². The van der Waals surface area contributed by atoms with Gasteiger partial charge in [0.15, 0.2) is 5.78 Å². The lowest BCUT2D eigenvalue weighted by molar-refractivity contribution is -0.143. The number of benzene rings is 1. The van der Waals surface area contributed by atoms with Crippen LogP contribution in [0.5, 0.6) is 11.5 Å². The fourth-order valence-corrected chi connectivity index (χ4v) is 5.45. The second-order valence-corrected chi connectivity index (χ2v) is 12.5. The van der Waals surface area contributed by atoms with Gasteiger partial charge in [-0.25, -0.2) is 4.98 Å². The number of nitrogens with zero attached hydrogens (tertiary/aromatic N) is 2. The predicted molar refractivity (Wildman–Crippen MR) is 158 cm³/mol. The van der Waals surface area contributed by atoms with E-state index in [1.54, 1.807) is 54.1 Å². The molecule has 0 radical (unpaired) electrons. The number of Topliss-reactive ketones (excluding diaryl/α,β-unsaturated/α-hetero) is 1. The van der Waals surface area contributed by atoms with E-state index in [-0.39, 0.29) is 36.2 Å². The Morgan fingerprint density at radius 1 is 1.07 bits per heavy atom. The van der Waals surface area contributed by atoms with Gasteiger partial charge >= 0.3 is 5.97 Å². The number of hydrogen-bond acceptors (Lipinski definition) is 7. The number of carboxylic acids is 1. The van der Waals surface area contributed by atoms with Crippen molar-refractivity contribution in [3.63, 3.8) is 0 Å². The second kappa shape index (κ2) is 11.9. The van der Waals surface area contributed by atoms with E-state index in [1.807, 2.05) is 46.9 Å². The summed E-state index contributed by atoms with van der Waals surface area (Å²) in [4.78, 5) is 44.9. The first-order valence-electron chi connectivity index (χ1n) is 13.5. The molecule has 1 unspecified atom stereocenters. The van der Waals surface area contributed by atoms with Crippen molar-refractivity contribution in [3.05, 3.63) is 81.1 Å². The van der Waals surface area contributed by atoms with Crippen molar-refractivity contribution in [1.82, 2.24) is 9.38 Å². The minimum atomic E-state index is -0.977. The molecule has 0 spiro atoms. The van der Waals surface area contributed by atoms with Crippen molar-refractivity contribution in [2.75, 3.05) is 7.11 Å². The quantitative estimate of drug-likeness (QED) is 0.199. The molecule has 0 saturated heterocycles. The summed E-state index contributed by atoms with van der Waals surface area (Å²) in [6, 6.07) is 10.2. The molecule has 4 rings (SSSR count). The van der Waals surface area contributed by atoms with Gasteiger partial charge in [-0.2, -0.15) is 0 Å². The fraction of sp³-hybridized carbons (Fsp3) is 0.375. The van der Waals surface area contributed by atoms with Crippen LogP contribution >= 0.6 is 11.3 Å². The minimum Gasteiger partial charge on any atom is -0.497 e. The molecule has 0 aliphatic heterocycles. The number of thiazole rings is 1. The number of carboxylic acid groups (broad SMARTS) is 1. The summed E-state index contributed by atoms with van der Waals surface area (Å²) in [6.45, 7) is 11.3. The van der Waals surface area contributed by atoms with E-state index in [9.17, 15) is 19.5 Å². The number of aromatic nitrogens is 2. The van der Waals surface area contributed by atoms with E-state index in [0.717, 1.165) is 10.7 Å². The highest BCUT2D eigenvalue weighted by Crippen LogP contribution is 2.36. The zero-order chi connectivity index (χ0) is 30.1. The summed E-state index contributed by atoms with van der Waals surface area (Å²) in [5.74, 6) is -1.38. The molecule has 3 heterocycles. The zero-order valence-electron chi connectivity index (χ0n) is 24.5. The van der Waals surface area contributed by atoms with Crippen molar-refractivity contribution in [1.29, 1.82) is 0 Å². The first kappa shape index (κ1) is 30.0. The summed E-state index contributed by atoms with van der Waals surface area (Å²) in [5, 5.41) is 12.9. The molecule has 8 nitrogen and oxygen atoms in total. The lowest BCUT2D eigenvalue weighted by Gasteiger charge is -2.20. The Bertz CT molecular complexity index is 1590. The maximum absolute atomic E-state index is 14.1. The largest absolute Gasteiger partial charge is 0.497 e. The Morgan fingerprint density at radius 3 is 2.29 bits per heavy atom. The molecular formula is C32H36N2O6S. The summed E-state index contributed by atoms with van der Waals surface area (Å²) in [7, 11) is 1.55. The maximum Gasteiger partial charge on any atom is 0.307 e. The highest BCUT2D eigenvalue weighted by Gasteiger charge is 2.35. The molecule has 0 amide bonds. The van der Waals surface area contributed by atoms with Crippen LogP contribution in [0.25, 0.3) is 5.52 Å². The van der Waals surface area contributed by atoms with Gasteiger partial charge in [-0.15, -0.1) is 11.3 Å². The van der Waals surface area contributed by atoms with Gasteiger partial charge in [0.1, 0.15) is 23.1 Å². The van der Waals surface area contributed by atoms with Gasteiger partial charge in [0.25, 0.3) is 0 Å². The Morgan fingerprint density at radius 2 is 1.76 bits per heavy atom. The molecule has 41 heavy (non-hydrogen) atoms. The van der Waals surface area contributed by atoms with Crippen molar-refractivity contribution in [3.8, 4) is 11.5 Å². The molecule has 0 aliphatic carbocycles. The minimum absolute atomic E-state index is 0.0254. The number of aryl methyl sites for hydroxylation is 1. The summed E-state index contributed by atoms with van der Waals surface area (Å²) in [6.07, 6.45) is 1.74. The molecule has 1 aromatic carbocycles. The standard InChI is InChI=1S/C32H36N2O6S/c1-18(2)23(31(37)38)15-24-27(30(36)32(4,5)6)25-14-22(40-16-26-33-19(3)17-41-26)12-13-34(25)28(24)29(35)20-8-10-21(39-7)11-9-20/h8-14,17-18,23H,15-16H2,1-7H3,(H,37,38). The number of methoxy groups -OCH3 is 1. The van der Waals surface area contributed by atoms with E-state index in [0.29, 0.717) is 33.7 Å². The Hall–Kier alpha value is -3.98. The van der Waals surface area contributed by atoms with Crippen LogP contribution in [0.15, 0.2) is 48.0 Å².